The SMILES string of the molecule is NC(=O)NN=Cc1cc([N+](=O)[O-])ccc1OCc1cccc(F)c1. The minimum absolute atomic E-state index is 0.0552. The van der Waals surface area contributed by atoms with Gasteiger partial charge in [-0.15, -0.1) is 0 Å². The number of primary amides is 1. The smallest absolute Gasteiger partial charge is 0.332 e. The van der Waals surface area contributed by atoms with Crippen molar-refractivity contribution in [3.05, 3.63) is 69.5 Å². The first-order valence-electron chi connectivity index (χ1n) is 6.70. The molecule has 9 heteroatoms. The van der Waals surface area contributed by atoms with Crippen LogP contribution in [-0.4, -0.2) is 17.2 Å². The molecule has 2 amide bonds. The van der Waals surface area contributed by atoms with Crippen LogP contribution in [-0.2, 0) is 6.61 Å². The average molecular weight is 332 g/mol. The molecule has 24 heavy (non-hydrogen) atoms. The Morgan fingerprint density at radius 2 is 2.17 bits per heavy atom. The number of nitrogens with zero attached hydrogens (tertiary/aromatic N) is 2. The van der Waals surface area contributed by atoms with Gasteiger partial charge in [-0.3, -0.25) is 10.1 Å². The molecule has 0 atom stereocenters. The number of ether oxygens (including phenoxy) is 1. The first-order chi connectivity index (χ1) is 11.5. The quantitative estimate of drug-likeness (QED) is 0.479. The van der Waals surface area contributed by atoms with E-state index in [1.165, 1.54) is 36.5 Å². The van der Waals surface area contributed by atoms with Crippen LogP contribution in [0, 0.1) is 15.9 Å². The summed E-state index contributed by atoms with van der Waals surface area (Å²) < 4.78 is 18.7. The maximum Gasteiger partial charge on any atom is 0.332 e. The van der Waals surface area contributed by atoms with Gasteiger partial charge in [-0.05, 0) is 23.8 Å². The molecule has 0 spiro atoms. The summed E-state index contributed by atoms with van der Waals surface area (Å²) in [6.07, 6.45) is 1.17. The fourth-order valence-electron chi connectivity index (χ4n) is 1.84. The molecular formula is C15H13FN4O4. The van der Waals surface area contributed by atoms with E-state index in [-0.39, 0.29) is 23.6 Å². The molecule has 8 nitrogen and oxygen atoms in total. The Kier molecular flexibility index (Phi) is 5.40. The van der Waals surface area contributed by atoms with Gasteiger partial charge in [-0.25, -0.2) is 14.6 Å². The molecule has 0 aliphatic rings. The lowest BCUT2D eigenvalue weighted by Crippen LogP contribution is -2.24. The standard InChI is InChI=1S/C15H13FN4O4/c16-12-3-1-2-10(6-12)9-24-14-5-4-13(20(22)23)7-11(14)8-18-19-15(17)21/h1-8H,9H2,(H3,17,19,21). The monoisotopic (exact) mass is 332 g/mol. The minimum Gasteiger partial charge on any atom is -0.488 e. The zero-order valence-corrected chi connectivity index (χ0v) is 12.3. The van der Waals surface area contributed by atoms with Crippen LogP contribution in [0.3, 0.4) is 0 Å². The van der Waals surface area contributed by atoms with Gasteiger partial charge in [-0.1, -0.05) is 12.1 Å². The van der Waals surface area contributed by atoms with Crippen LogP contribution >= 0.6 is 0 Å². The van der Waals surface area contributed by atoms with E-state index in [9.17, 15) is 19.3 Å². The molecule has 0 unspecified atom stereocenters. The number of carbonyl (C=O) groups excluding carboxylic acids is 1. The van der Waals surface area contributed by atoms with Crippen molar-refractivity contribution in [2.24, 2.45) is 10.8 Å². The molecule has 2 aromatic carbocycles. The topological polar surface area (TPSA) is 120 Å². The summed E-state index contributed by atoms with van der Waals surface area (Å²) in [6.45, 7) is 0.0552. The highest BCUT2D eigenvalue weighted by molar-refractivity contribution is 5.85. The first kappa shape index (κ1) is 16.9. The van der Waals surface area contributed by atoms with Crippen LogP contribution in [0.25, 0.3) is 0 Å². The van der Waals surface area contributed by atoms with Gasteiger partial charge in [0.25, 0.3) is 5.69 Å². The number of halogens is 1. The van der Waals surface area contributed by atoms with Crippen molar-refractivity contribution in [2.75, 3.05) is 0 Å². The molecule has 0 aliphatic carbocycles. The third-order valence-electron chi connectivity index (χ3n) is 2.87. The zero-order chi connectivity index (χ0) is 17.5. The van der Waals surface area contributed by atoms with E-state index < -0.39 is 16.8 Å². The number of amides is 2. The van der Waals surface area contributed by atoms with Crippen LogP contribution in [0.1, 0.15) is 11.1 Å². The predicted octanol–water partition coefficient (Wildman–Crippen LogP) is 2.32. The van der Waals surface area contributed by atoms with Crippen molar-refractivity contribution in [2.45, 2.75) is 6.61 Å². The lowest BCUT2D eigenvalue weighted by Gasteiger charge is -2.09. The molecule has 0 fully saturated rings. The van der Waals surface area contributed by atoms with E-state index >= 15 is 0 Å². The molecular weight excluding hydrogens is 319 g/mol. The normalized spacial score (nSPS) is 10.5. The molecule has 0 aromatic heterocycles. The van der Waals surface area contributed by atoms with Crippen molar-refractivity contribution < 1.29 is 18.8 Å². The molecule has 0 aliphatic heterocycles. The molecule has 0 heterocycles. The minimum atomic E-state index is -0.876. The predicted molar refractivity (Wildman–Crippen MR) is 84.1 cm³/mol. The average Bonchev–Trinajstić information content (AvgIpc) is 2.53. The van der Waals surface area contributed by atoms with Crippen LogP contribution in [0.15, 0.2) is 47.6 Å². The number of nitrogens with one attached hydrogen (secondary N) is 1. The Labute approximate surface area is 135 Å². The van der Waals surface area contributed by atoms with Gasteiger partial charge >= 0.3 is 6.03 Å². The second kappa shape index (κ2) is 7.68. The molecule has 3 N–H and O–H groups in total. The number of non-ortho nitro benzene ring substituents is 1. The summed E-state index contributed by atoms with van der Waals surface area (Å²) in [5.41, 5.74) is 7.54. The van der Waals surface area contributed by atoms with Crippen LogP contribution in [0.5, 0.6) is 5.75 Å². The number of hydrogen-bond acceptors (Lipinski definition) is 5. The van der Waals surface area contributed by atoms with Crippen LogP contribution in [0.4, 0.5) is 14.9 Å². The Hall–Kier alpha value is -3.49. The number of nitrogens with two attached hydrogens (primary N) is 1. The lowest BCUT2D eigenvalue weighted by atomic mass is 10.2. The Bertz CT molecular complexity index is 795. The number of urea groups is 1. The first-order valence-corrected chi connectivity index (χ1v) is 6.70. The third-order valence-corrected chi connectivity index (χ3v) is 2.87. The summed E-state index contributed by atoms with van der Waals surface area (Å²) in [6, 6.07) is 8.85. The van der Waals surface area contributed by atoms with Crippen molar-refractivity contribution in [3.63, 3.8) is 0 Å². The zero-order valence-electron chi connectivity index (χ0n) is 12.3. The van der Waals surface area contributed by atoms with E-state index in [0.29, 0.717) is 5.56 Å². The molecule has 0 radical (unpaired) electrons. The highest BCUT2D eigenvalue weighted by Gasteiger charge is 2.11. The molecule has 2 rings (SSSR count). The number of hydrogen-bond donors (Lipinski definition) is 2. The maximum atomic E-state index is 13.2. The van der Waals surface area contributed by atoms with Crippen molar-refractivity contribution in [1.29, 1.82) is 0 Å². The molecule has 2 aromatic rings. The van der Waals surface area contributed by atoms with E-state index in [0.717, 1.165) is 0 Å². The van der Waals surface area contributed by atoms with Gasteiger partial charge in [0.1, 0.15) is 18.2 Å². The third kappa shape index (κ3) is 4.77. The van der Waals surface area contributed by atoms with Gasteiger partial charge in [0.05, 0.1) is 11.1 Å². The fourth-order valence-corrected chi connectivity index (χ4v) is 1.84. The summed E-state index contributed by atoms with van der Waals surface area (Å²) in [7, 11) is 0. The summed E-state index contributed by atoms with van der Waals surface area (Å²) in [4.78, 5) is 20.9. The number of hydrazone groups is 1. The fraction of sp³-hybridized carbons (Fsp3) is 0.0667. The Morgan fingerprint density at radius 1 is 1.38 bits per heavy atom. The molecule has 0 saturated heterocycles. The number of benzene rings is 2. The van der Waals surface area contributed by atoms with E-state index in [4.69, 9.17) is 10.5 Å². The second-order valence-electron chi connectivity index (χ2n) is 4.63. The Morgan fingerprint density at radius 3 is 2.83 bits per heavy atom. The number of carbonyl (C=O) groups is 1. The van der Waals surface area contributed by atoms with E-state index in [1.54, 1.807) is 12.1 Å². The Balaban J connectivity index is 2.21. The second-order valence-corrected chi connectivity index (χ2v) is 4.63. The van der Waals surface area contributed by atoms with Crippen molar-refractivity contribution >= 4 is 17.9 Å². The highest BCUT2D eigenvalue weighted by atomic mass is 19.1. The molecule has 124 valence electrons. The summed E-state index contributed by atoms with van der Waals surface area (Å²) >= 11 is 0. The number of rotatable bonds is 6. The van der Waals surface area contributed by atoms with Crippen molar-refractivity contribution in [1.82, 2.24) is 5.43 Å². The van der Waals surface area contributed by atoms with Gasteiger partial charge in [0.2, 0.25) is 0 Å². The highest BCUT2D eigenvalue weighted by Crippen LogP contribution is 2.24. The van der Waals surface area contributed by atoms with Crippen LogP contribution < -0.4 is 15.9 Å². The van der Waals surface area contributed by atoms with Gasteiger partial charge in [-0.2, -0.15) is 5.10 Å². The lowest BCUT2D eigenvalue weighted by molar-refractivity contribution is -0.384. The van der Waals surface area contributed by atoms with Gasteiger partial charge in [0, 0.05) is 17.7 Å². The van der Waals surface area contributed by atoms with Gasteiger partial charge < -0.3 is 10.5 Å². The number of nitro benzene ring substituents is 1. The van der Waals surface area contributed by atoms with E-state index in [2.05, 4.69) is 5.10 Å². The maximum absolute atomic E-state index is 13.2. The summed E-state index contributed by atoms with van der Waals surface area (Å²) in [5.74, 6) is -0.118. The van der Waals surface area contributed by atoms with Gasteiger partial charge in [0.15, 0.2) is 0 Å². The molecule has 0 bridgehead atoms. The van der Waals surface area contributed by atoms with Crippen molar-refractivity contribution in [3.8, 4) is 5.75 Å². The summed E-state index contributed by atoms with van der Waals surface area (Å²) in [5, 5.41) is 14.4. The largest absolute Gasteiger partial charge is 0.488 e. The number of nitro groups is 1. The van der Waals surface area contributed by atoms with Crippen LogP contribution in [0.2, 0.25) is 0 Å². The molecule has 0 saturated carbocycles. The van der Waals surface area contributed by atoms with E-state index in [1.807, 2.05) is 5.43 Å².